The molecule has 0 amide bonds. The third-order valence-electron chi connectivity index (χ3n) is 2.38. The van der Waals surface area contributed by atoms with Crippen molar-refractivity contribution in [3.05, 3.63) is 0 Å². The maximum atomic E-state index is 10.4. The van der Waals surface area contributed by atoms with Crippen LogP contribution in [-0.2, 0) is 4.79 Å². The molecular formula is C9H17NO2S. The Bertz CT molecular complexity index is 169. The normalized spacial score (nSPS) is 21.3. The smallest absolute Gasteiger partial charge is 0.321 e. The minimum atomic E-state index is -0.886. The summed E-state index contributed by atoms with van der Waals surface area (Å²) in [4.78, 5) is 10.4. The number of thioether (sulfide) groups is 1. The highest BCUT2D eigenvalue weighted by Crippen LogP contribution is 2.28. The van der Waals surface area contributed by atoms with Crippen LogP contribution in [0, 0.1) is 0 Å². The summed E-state index contributed by atoms with van der Waals surface area (Å²) in [6.45, 7) is 0. The van der Waals surface area contributed by atoms with Crippen molar-refractivity contribution in [2.75, 3.05) is 5.75 Å². The van der Waals surface area contributed by atoms with Crippen LogP contribution in [0.5, 0.6) is 0 Å². The molecule has 4 heteroatoms. The SMILES string of the molecule is NC(CSC1CCCCC1)C(=O)O. The lowest BCUT2D eigenvalue weighted by atomic mass is 10.0. The van der Waals surface area contributed by atoms with Gasteiger partial charge in [0.05, 0.1) is 0 Å². The Morgan fingerprint density at radius 2 is 2.08 bits per heavy atom. The average molecular weight is 203 g/mol. The predicted octanol–water partition coefficient (Wildman–Crippen LogP) is 1.46. The summed E-state index contributed by atoms with van der Waals surface area (Å²) in [5.41, 5.74) is 5.41. The van der Waals surface area contributed by atoms with Gasteiger partial charge in [0.1, 0.15) is 6.04 Å². The molecule has 3 N–H and O–H groups in total. The molecule has 0 heterocycles. The van der Waals surface area contributed by atoms with Gasteiger partial charge in [0.2, 0.25) is 0 Å². The molecule has 1 atom stereocenters. The fourth-order valence-electron chi connectivity index (χ4n) is 1.54. The molecule has 1 aliphatic carbocycles. The van der Waals surface area contributed by atoms with E-state index < -0.39 is 12.0 Å². The van der Waals surface area contributed by atoms with E-state index in [1.807, 2.05) is 0 Å². The fraction of sp³-hybridized carbons (Fsp3) is 0.889. The average Bonchev–Trinajstić information content (AvgIpc) is 2.15. The van der Waals surface area contributed by atoms with Crippen LogP contribution in [-0.4, -0.2) is 28.1 Å². The zero-order chi connectivity index (χ0) is 9.68. The highest BCUT2D eigenvalue weighted by Gasteiger charge is 2.17. The topological polar surface area (TPSA) is 63.3 Å². The van der Waals surface area contributed by atoms with Gasteiger partial charge in [-0.15, -0.1) is 0 Å². The summed E-state index contributed by atoms with van der Waals surface area (Å²) in [6, 6.07) is -0.688. The minimum absolute atomic E-state index is 0.556. The van der Waals surface area contributed by atoms with Gasteiger partial charge in [0.25, 0.3) is 0 Å². The van der Waals surface area contributed by atoms with E-state index in [-0.39, 0.29) is 0 Å². The summed E-state index contributed by atoms with van der Waals surface area (Å²) in [5.74, 6) is -0.330. The van der Waals surface area contributed by atoms with Gasteiger partial charge in [-0.2, -0.15) is 11.8 Å². The number of nitrogens with two attached hydrogens (primary N) is 1. The van der Waals surface area contributed by atoms with Crippen LogP contribution in [0.25, 0.3) is 0 Å². The van der Waals surface area contributed by atoms with E-state index in [4.69, 9.17) is 10.8 Å². The van der Waals surface area contributed by atoms with Crippen LogP contribution in [0.2, 0.25) is 0 Å². The first kappa shape index (κ1) is 10.9. The lowest BCUT2D eigenvalue weighted by Crippen LogP contribution is -2.33. The number of carboxylic acids is 1. The van der Waals surface area contributed by atoms with Gasteiger partial charge >= 0.3 is 5.97 Å². The van der Waals surface area contributed by atoms with Crippen molar-refractivity contribution in [3.63, 3.8) is 0 Å². The Morgan fingerprint density at radius 3 is 2.62 bits per heavy atom. The molecule has 0 aliphatic heterocycles. The Morgan fingerprint density at radius 1 is 1.46 bits per heavy atom. The number of carbonyl (C=O) groups is 1. The highest BCUT2D eigenvalue weighted by molar-refractivity contribution is 7.99. The minimum Gasteiger partial charge on any atom is -0.480 e. The van der Waals surface area contributed by atoms with Crippen LogP contribution in [0.15, 0.2) is 0 Å². The van der Waals surface area contributed by atoms with Crippen LogP contribution in [0.3, 0.4) is 0 Å². The standard InChI is InChI=1S/C9H17NO2S/c10-8(9(11)12)6-13-7-4-2-1-3-5-7/h7-8H,1-6,10H2,(H,11,12). The van der Waals surface area contributed by atoms with Crippen LogP contribution in [0.4, 0.5) is 0 Å². The second kappa shape index (κ2) is 5.50. The molecule has 0 radical (unpaired) electrons. The van der Waals surface area contributed by atoms with E-state index in [0.717, 1.165) is 0 Å². The van der Waals surface area contributed by atoms with Crippen molar-refractivity contribution in [1.82, 2.24) is 0 Å². The van der Waals surface area contributed by atoms with Crippen molar-refractivity contribution in [3.8, 4) is 0 Å². The van der Waals surface area contributed by atoms with Gasteiger partial charge in [-0.3, -0.25) is 4.79 Å². The van der Waals surface area contributed by atoms with Gasteiger partial charge in [-0.05, 0) is 12.8 Å². The van der Waals surface area contributed by atoms with Crippen LogP contribution >= 0.6 is 11.8 Å². The van der Waals surface area contributed by atoms with E-state index in [0.29, 0.717) is 11.0 Å². The molecule has 76 valence electrons. The maximum absolute atomic E-state index is 10.4. The Labute approximate surface area is 83.1 Å². The number of hydrogen-bond acceptors (Lipinski definition) is 3. The first-order chi connectivity index (χ1) is 6.20. The summed E-state index contributed by atoms with van der Waals surface area (Å²) >= 11 is 1.73. The first-order valence-electron chi connectivity index (χ1n) is 4.80. The summed E-state index contributed by atoms with van der Waals surface area (Å²) in [5, 5.41) is 9.23. The van der Waals surface area contributed by atoms with Gasteiger partial charge < -0.3 is 10.8 Å². The predicted molar refractivity (Wildman–Crippen MR) is 54.9 cm³/mol. The van der Waals surface area contributed by atoms with Gasteiger partial charge in [-0.1, -0.05) is 19.3 Å². The number of rotatable bonds is 4. The number of aliphatic carboxylic acids is 1. The fourth-order valence-corrected chi connectivity index (χ4v) is 2.83. The molecule has 1 fully saturated rings. The van der Waals surface area contributed by atoms with E-state index in [1.54, 1.807) is 11.8 Å². The Hall–Kier alpha value is -0.220. The van der Waals surface area contributed by atoms with Crippen molar-refractivity contribution in [2.24, 2.45) is 5.73 Å². The number of hydrogen-bond donors (Lipinski definition) is 2. The molecule has 0 bridgehead atoms. The van der Waals surface area contributed by atoms with Gasteiger partial charge in [-0.25, -0.2) is 0 Å². The molecule has 3 nitrogen and oxygen atoms in total. The monoisotopic (exact) mass is 203 g/mol. The first-order valence-corrected chi connectivity index (χ1v) is 5.85. The Balaban J connectivity index is 2.13. The van der Waals surface area contributed by atoms with Crippen molar-refractivity contribution < 1.29 is 9.90 Å². The molecule has 0 aromatic carbocycles. The zero-order valence-electron chi connectivity index (χ0n) is 7.74. The van der Waals surface area contributed by atoms with E-state index >= 15 is 0 Å². The third kappa shape index (κ3) is 4.00. The van der Waals surface area contributed by atoms with E-state index in [9.17, 15) is 4.79 Å². The quantitative estimate of drug-likeness (QED) is 0.726. The largest absolute Gasteiger partial charge is 0.480 e. The van der Waals surface area contributed by atoms with Crippen molar-refractivity contribution in [2.45, 2.75) is 43.4 Å². The van der Waals surface area contributed by atoms with Gasteiger partial charge in [0.15, 0.2) is 0 Å². The number of carboxylic acid groups (broad SMARTS) is 1. The maximum Gasteiger partial charge on any atom is 0.321 e. The molecule has 13 heavy (non-hydrogen) atoms. The molecule has 1 unspecified atom stereocenters. The molecule has 0 aromatic rings. The molecular weight excluding hydrogens is 186 g/mol. The lowest BCUT2D eigenvalue weighted by molar-refractivity contribution is -0.137. The molecule has 1 aliphatic rings. The second-order valence-corrected chi connectivity index (χ2v) is 4.87. The van der Waals surface area contributed by atoms with Gasteiger partial charge in [0, 0.05) is 11.0 Å². The molecule has 0 aromatic heterocycles. The van der Waals surface area contributed by atoms with E-state index in [1.165, 1.54) is 32.1 Å². The van der Waals surface area contributed by atoms with E-state index in [2.05, 4.69) is 0 Å². The summed E-state index contributed by atoms with van der Waals surface area (Å²) < 4.78 is 0. The zero-order valence-corrected chi connectivity index (χ0v) is 8.55. The highest BCUT2D eigenvalue weighted by atomic mass is 32.2. The lowest BCUT2D eigenvalue weighted by Gasteiger charge is -2.21. The Kier molecular flexibility index (Phi) is 4.59. The summed E-state index contributed by atoms with van der Waals surface area (Å²) in [7, 11) is 0. The van der Waals surface area contributed by atoms with Crippen molar-refractivity contribution in [1.29, 1.82) is 0 Å². The molecule has 0 saturated heterocycles. The van der Waals surface area contributed by atoms with Crippen LogP contribution < -0.4 is 5.73 Å². The molecule has 1 rings (SSSR count). The molecule has 1 saturated carbocycles. The third-order valence-corrected chi connectivity index (χ3v) is 3.88. The molecule has 0 spiro atoms. The summed E-state index contributed by atoms with van der Waals surface area (Å²) in [6.07, 6.45) is 6.38. The van der Waals surface area contributed by atoms with Crippen molar-refractivity contribution >= 4 is 17.7 Å². The van der Waals surface area contributed by atoms with Crippen LogP contribution in [0.1, 0.15) is 32.1 Å². The second-order valence-electron chi connectivity index (χ2n) is 3.54.